The Hall–Kier alpha value is -2.28. The minimum Gasteiger partial charge on any atom is -0.369 e. The van der Waals surface area contributed by atoms with Crippen LogP contribution in [0.15, 0.2) is 30.3 Å². The molecule has 0 aliphatic carbocycles. The normalized spacial score (nSPS) is 19.7. The summed E-state index contributed by atoms with van der Waals surface area (Å²) in [6.07, 6.45) is 1.73. The molecule has 0 aromatic heterocycles. The van der Waals surface area contributed by atoms with Gasteiger partial charge in [-0.2, -0.15) is 0 Å². The molecule has 2 aliphatic heterocycles. The minimum absolute atomic E-state index is 0.0288. The largest absolute Gasteiger partial charge is 0.369 e. The number of likely N-dealkylation sites (tertiary alicyclic amines) is 1. The molecule has 2 fully saturated rings. The zero-order chi connectivity index (χ0) is 17.6. The van der Waals surface area contributed by atoms with Gasteiger partial charge >= 0.3 is 6.03 Å². The standard InChI is InChI=1S/C18H27N5O2/c19-17(24)14-21-8-6-15(7-9-21)20-18(25)23-12-10-22(11-13-23)16-4-2-1-3-5-16/h1-5,15H,6-14H2,(H2,19,24)(H,20,25). The third-order valence-electron chi connectivity index (χ3n) is 4.98. The van der Waals surface area contributed by atoms with Crippen LogP contribution >= 0.6 is 0 Å². The number of para-hydroxylation sites is 1. The number of rotatable bonds is 4. The maximum Gasteiger partial charge on any atom is 0.317 e. The van der Waals surface area contributed by atoms with Crippen molar-refractivity contribution < 1.29 is 9.59 Å². The van der Waals surface area contributed by atoms with Gasteiger partial charge in [0.05, 0.1) is 6.54 Å². The molecule has 7 heteroatoms. The number of nitrogens with two attached hydrogens (primary N) is 1. The third-order valence-corrected chi connectivity index (χ3v) is 4.98. The average molecular weight is 345 g/mol. The van der Waals surface area contributed by atoms with Crippen molar-refractivity contribution in [1.82, 2.24) is 15.1 Å². The van der Waals surface area contributed by atoms with Gasteiger partial charge in [0.1, 0.15) is 0 Å². The van der Waals surface area contributed by atoms with Gasteiger partial charge < -0.3 is 20.9 Å². The minimum atomic E-state index is -0.293. The predicted octanol–water partition coefficient (Wildman–Crippen LogP) is 0.468. The van der Waals surface area contributed by atoms with Crippen LogP contribution in [0.5, 0.6) is 0 Å². The number of nitrogens with zero attached hydrogens (tertiary/aromatic N) is 3. The summed E-state index contributed by atoms with van der Waals surface area (Å²) in [6.45, 7) is 5.10. The molecule has 0 bridgehead atoms. The molecule has 0 unspecified atom stereocenters. The first-order valence-corrected chi connectivity index (χ1v) is 8.98. The number of hydrogen-bond donors (Lipinski definition) is 2. The van der Waals surface area contributed by atoms with E-state index >= 15 is 0 Å². The van der Waals surface area contributed by atoms with Crippen LogP contribution < -0.4 is 16.0 Å². The molecule has 0 spiro atoms. The fourth-order valence-corrected chi connectivity index (χ4v) is 3.53. The molecule has 1 aromatic rings. The fourth-order valence-electron chi connectivity index (χ4n) is 3.53. The van der Waals surface area contributed by atoms with Crippen LogP contribution in [-0.4, -0.2) is 73.6 Å². The number of carbonyl (C=O) groups excluding carboxylic acids is 2. The van der Waals surface area contributed by atoms with E-state index in [1.54, 1.807) is 0 Å². The highest BCUT2D eigenvalue weighted by Crippen LogP contribution is 2.16. The Kier molecular flexibility index (Phi) is 5.75. The number of piperidine rings is 1. The fraction of sp³-hybridized carbons (Fsp3) is 0.556. The second kappa shape index (κ2) is 8.20. The Morgan fingerprint density at radius 2 is 1.64 bits per heavy atom. The zero-order valence-electron chi connectivity index (χ0n) is 14.6. The summed E-state index contributed by atoms with van der Waals surface area (Å²) in [4.78, 5) is 29.7. The van der Waals surface area contributed by atoms with Crippen molar-refractivity contribution >= 4 is 17.6 Å². The first-order chi connectivity index (χ1) is 12.1. The van der Waals surface area contributed by atoms with Gasteiger partial charge in [0.2, 0.25) is 5.91 Å². The van der Waals surface area contributed by atoms with E-state index in [2.05, 4.69) is 22.3 Å². The Morgan fingerprint density at radius 3 is 2.24 bits per heavy atom. The Bertz CT molecular complexity index is 578. The number of piperazine rings is 1. The molecule has 1 aromatic carbocycles. The Balaban J connectivity index is 1.41. The summed E-state index contributed by atoms with van der Waals surface area (Å²) in [5, 5.41) is 3.14. The molecule has 0 atom stereocenters. The van der Waals surface area contributed by atoms with Crippen molar-refractivity contribution in [3.05, 3.63) is 30.3 Å². The number of primary amides is 1. The van der Waals surface area contributed by atoms with Gasteiger partial charge in [-0.1, -0.05) is 18.2 Å². The van der Waals surface area contributed by atoms with Crippen LogP contribution in [0.4, 0.5) is 10.5 Å². The molecule has 2 saturated heterocycles. The highest BCUT2D eigenvalue weighted by atomic mass is 16.2. The van der Waals surface area contributed by atoms with E-state index < -0.39 is 0 Å². The van der Waals surface area contributed by atoms with Crippen molar-refractivity contribution in [2.24, 2.45) is 5.73 Å². The van der Waals surface area contributed by atoms with Crippen LogP contribution in [0, 0.1) is 0 Å². The van der Waals surface area contributed by atoms with Crippen LogP contribution in [0.2, 0.25) is 0 Å². The number of amides is 3. The van der Waals surface area contributed by atoms with Crippen molar-refractivity contribution in [3.63, 3.8) is 0 Å². The van der Waals surface area contributed by atoms with Crippen molar-refractivity contribution in [2.75, 3.05) is 50.7 Å². The van der Waals surface area contributed by atoms with E-state index in [1.807, 2.05) is 28.0 Å². The van der Waals surface area contributed by atoms with Gasteiger partial charge in [0.25, 0.3) is 0 Å². The molecular weight excluding hydrogens is 318 g/mol. The first-order valence-electron chi connectivity index (χ1n) is 8.98. The quantitative estimate of drug-likeness (QED) is 0.831. The Labute approximate surface area is 148 Å². The lowest BCUT2D eigenvalue weighted by Crippen LogP contribution is -2.55. The molecule has 2 aliphatic rings. The summed E-state index contributed by atoms with van der Waals surface area (Å²) >= 11 is 0. The maximum absolute atomic E-state index is 12.5. The lowest BCUT2D eigenvalue weighted by atomic mass is 10.1. The van der Waals surface area contributed by atoms with Gasteiger partial charge in [-0.25, -0.2) is 4.79 Å². The molecule has 3 N–H and O–H groups in total. The number of urea groups is 1. The molecule has 0 radical (unpaired) electrons. The highest BCUT2D eigenvalue weighted by Gasteiger charge is 2.25. The van der Waals surface area contributed by atoms with Gasteiger partial charge in [-0.15, -0.1) is 0 Å². The van der Waals surface area contributed by atoms with Gasteiger partial charge in [-0.3, -0.25) is 9.69 Å². The molecule has 3 rings (SSSR count). The first kappa shape index (κ1) is 17.5. The van der Waals surface area contributed by atoms with Crippen LogP contribution in [0.1, 0.15) is 12.8 Å². The zero-order valence-corrected chi connectivity index (χ0v) is 14.6. The number of hydrogen-bond acceptors (Lipinski definition) is 4. The van der Waals surface area contributed by atoms with Crippen molar-refractivity contribution in [3.8, 4) is 0 Å². The van der Waals surface area contributed by atoms with Gasteiger partial charge in [-0.05, 0) is 25.0 Å². The molecule has 136 valence electrons. The van der Waals surface area contributed by atoms with E-state index in [0.717, 1.165) is 52.1 Å². The van der Waals surface area contributed by atoms with E-state index in [0.29, 0.717) is 6.54 Å². The monoisotopic (exact) mass is 345 g/mol. The summed E-state index contributed by atoms with van der Waals surface area (Å²) < 4.78 is 0. The predicted molar refractivity (Wildman–Crippen MR) is 97.4 cm³/mol. The lowest BCUT2D eigenvalue weighted by Gasteiger charge is -2.38. The second-order valence-electron chi connectivity index (χ2n) is 6.78. The molecule has 0 saturated carbocycles. The topological polar surface area (TPSA) is 81.9 Å². The second-order valence-corrected chi connectivity index (χ2v) is 6.78. The molecule has 7 nitrogen and oxygen atoms in total. The number of carbonyl (C=O) groups is 2. The van der Waals surface area contributed by atoms with Crippen LogP contribution in [-0.2, 0) is 4.79 Å². The van der Waals surface area contributed by atoms with E-state index in [-0.39, 0.29) is 18.0 Å². The molecule has 25 heavy (non-hydrogen) atoms. The molecule has 2 heterocycles. The van der Waals surface area contributed by atoms with E-state index in [1.165, 1.54) is 5.69 Å². The number of anilines is 1. The summed E-state index contributed by atoms with van der Waals surface area (Å²) in [5.74, 6) is -0.293. The van der Waals surface area contributed by atoms with Gasteiger partial charge in [0.15, 0.2) is 0 Å². The summed E-state index contributed by atoms with van der Waals surface area (Å²) in [6, 6.07) is 10.5. The lowest BCUT2D eigenvalue weighted by molar-refractivity contribution is -0.119. The van der Waals surface area contributed by atoms with Crippen molar-refractivity contribution in [2.45, 2.75) is 18.9 Å². The average Bonchev–Trinajstić information content (AvgIpc) is 2.64. The highest BCUT2D eigenvalue weighted by molar-refractivity contribution is 5.76. The number of benzene rings is 1. The van der Waals surface area contributed by atoms with E-state index in [4.69, 9.17) is 5.73 Å². The van der Waals surface area contributed by atoms with Gasteiger partial charge in [0, 0.05) is 51.0 Å². The van der Waals surface area contributed by atoms with Crippen molar-refractivity contribution in [1.29, 1.82) is 0 Å². The smallest absolute Gasteiger partial charge is 0.317 e. The Morgan fingerprint density at radius 1 is 1.00 bits per heavy atom. The van der Waals surface area contributed by atoms with E-state index in [9.17, 15) is 9.59 Å². The van der Waals surface area contributed by atoms with Crippen LogP contribution in [0.25, 0.3) is 0 Å². The SMILES string of the molecule is NC(=O)CN1CCC(NC(=O)N2CCN(c3ccccc3)CC2)CC1. The van der Waals surface area contributed by atoms with Crippen LogP contribution in [0.3, 0.4) is 0 Å². The third kappa shape index (κ3) is 4.85. The number of nitrogens with one attached hydrogen (secondary N) is 1. The summed E-state index contributed by atoms with van der Waals surface area (Å²) in [7, 11) is 0. The molecule has 3 amide bonds. The molecular formula is C18H27N5O2. The summed E-state index contributed by atoms with van der Waals surface area (Å²) in [5.41, 5.74) is 6.44. The maximum atomic E-state index is 12.5.